The summed E-state index contributed by atoms with van der Waals surface area (Å²) in [7, 11) is 0. The van der Waals surface area contributed by atoms with Crippen LogP contribution in [0.2, 0.25) is 0 Å². The van der Waals surface area contributed by atoms with E-state index in [9.17, 15) is 14.4 Å². The average molecular weight is 783 g/mol. The van der Waals surface area contributed by atoms with Crippen LogP contribution >= 0.6 is 0 Å². The molecule has 0 aliphatic rings. The van der Waals surface area contributed by atoms with E-state index < -0.39 is 12.1 Å². The molecule has 0 spiro atoms. The van der Waals surface area contributed by atoms with E-state index in [0.717, 1.165) is 70.6 Å². The monoisotopic (exact) mass is 783 g/mol. The van der Waals surface area contributed by atoms with Gasteiger partial charge in [0.05, 0.1) is 0 Å². The summed E-state index contributed by atoms with van der Waals surface area (Å²) in [5, 5.41) is 0. The van der Waals surface area contributed by atoms with Gasteiger partial charge in [0.15, 0.2) is 6.10 Å². The largest absolute Gasteiger partial charge is 0.462 e. The summed E-state index contributed by atoms with van der Waals surface area (Å²) in [5.74, 6) is -0.998. The Bertz CT molecular complexity index is 1040. The predicted octanol–water partition coefficient (Wildman–Crippen LogP) is 14.9. The molecular formula is C50H86O6. The molecule has 322 valence electrons. The molecule has 0 aliphatic heterocycles. The molecule has 0 amide bonds. The molecule has 0 radical (unpaired) electrons. The Kier molecular flexibility index (Phi) is 42.5. The topological polar surface area (TPSA) is 78.9 Å². The van der Waals surface area contributed by atoms with E-state index in [2.05, 4.69) is 69.4 Å². The van der Waals surface area contributed by atoms with Gasteiger partial charge in [-0.05, 0) is 70.6 Å². The lowest BCUT2D eigenvalue weighted by Crippen LogP contribution is -2.30. The summed E-state index contributed by atoms with van der Waals surface area (Å²) in [5.41, 5.74) is 0. The molecule has 0 aliphatic carbocycles. The maximum atomic E-state index is 12.7. The first-order valence-corrected chi connectivity index (χ1v) is 23.3. The van der Waals surface area contributed by atoms with Crippen LogP contribution in [0.25, 0.3) is 0 Å². The van der Waals surface area contributed by atoms with E-state index in [4.69, 9.17) is 14.2 Å². The minimum Gasteiger partial charge on any atom is -0.462 e. The number of carbonyl (C=O) groups is 3. The third kappa shape index (κ3) is 42.3. The van der Waals surface area contributed by atoms with Crippen LogP contribution in [0.3, 0.4) is 0 Å². The van der Waals surface area contributed by atoms with Gasteiger partial charge in [0.25, 0.3) is 0 Å². The first-order chi connectivity index (χ1) is 27.5. The SMILES string of the molecule is CC/C=C\C/C=C\C/C=C\C/C=C\CCC(=O)OC(COC(=O)CCCCCCC/C=C\CCCCCCCC)COC(=O)CCCCCCCCCCCC. The normalized spacial score (nSPS) is 12.6. The third-order valence-corrected chi connectivity index (χ3v) is 9.77. The molecule has 0 aromatic rings. The Labute approximate surface area is 345 Å². The van der Waals surface area contributed by atoms with Crippen LogP contribution in [0, 0.1) is 0 Å². The van der Waals surface area contributed by atoms with Crippen molar-refractivity contribution >= 4 is 17.9 Å². The zero-order chi connectivity index (χ0) is 40.8. The summed E-state index contributed by atoms with van der Waals surface area (Å²) >= 11 is 0. The summed E-state index contributed by atoms with van der Waals surface area (Å²) in [6, 6.07) is 0. The van der Waals surface area contributed by atoms with Gasteiger partial charge in [-0.1, -0.05) is 191 Å². The first-order valence-electron chi connectivity index (χ1n) is 23.3. The highest BCUT2D eigenvalue weighted by Gasteiger charge is 2.19. The fraction of sp³-hybridized carbons (Fsp3) is 0.740. The van der Waals surface area contributed by atoms with Crippen LogP contribution in [0.4, 0.5) is 0 Å². The van der Waals surface area contributed by atoms with Crippen LogP contribution in [-0.4, -0.2) is 37.2 Å². The molecule has 0 saturated carbocycles. The van der Waals surface area contributed by atoms with Gasteiger partial charge in [-0.25, -0.2) is 0 Å². The lowest BCUT2D eigenvalue weighted by molar-refractivity contribution is -0.166. The summed E-state index contributed by atoms with van der Waals surface area (Å²) in [6.45, 7) is 6.42. The maximum absolute atomic E-state index is 12.7. The van der Waals surface area contributed by atoms with Crippen molar-refractivity contribution in [3.63, 3.8) is 0 Å². The number of esters is 3. The molecule has 0 rings (SSSR count). The molecule has 0 saturated heterocycles. The zero-order valence-corrected chi connectivity index (χ0v) is 36.6. The van der Waals surface area contributed by atoms with Crippen molar-refractivity contribution in [2.75, 3.05) is 13.2 Å². The number of carbonyl (C=O) groups excluding carboxylic acids is 3. The van der Waals surface area contributed by atoms with Crippen molar-refractivity contribution < 1.29 is 28.6 Å². The van der Waals surface area contributed by atoms with Crippen molar-refractivity contribution in [3.8, 4) is 0 Å². The van der Waals surface area contributed by atoms with Gasteiger partial charge in [0.1, 0.15) is 13.2 Å². The second-order valence-corrected chi connectivity index (χ2v) is 15.3. The quantitative estimate of drug-likeness (QED) is 0.0266. The minimum absolute atomic E-state index is 0.104. The maximum Gasteiger partial charge on any atom is 0.306 e. The number of hydrogen-bond donors (Lipinski definition) is 0. The summed E-state index contributed by atoms with van der Waals surface area (Å²) in [6.07, 6.45) is 53.6. The Morgan fingerprint density at radius 3 is 1.16 bits per heavy atom. The highest BCUT2D eigenvalue weighted by atomic mass is 16.6. The molecule has 0 aromatic heterocycles. The smallest absolute Gasteiger partial charge is 0.306 e. The van der Waals surface area contributed by atoms with Crippen molar-refractivity contribution in [3.05, 3.63) is 60.8 Å². The highest BCUT2D eigenvalue weighted by molar-refractivity contribution is 5.71. The van der Waals surface area contributed by atoms with Gasteiger partial charge >= 0.3 is 17.9 Å². The molecule has 0 N–H and O–H groups in total. The van der Waals surface area contributed by atoms with E-state index >= 15 is 0 Å². The van der Waals surface area contributed by atoms with Crippen LogP contribution in [0.15, 0.2) is 60.8 Å². The van der Waals surface area contributed by atoms with Crippen molar-refractivity contribution in [2.45, 2.75) is 226 Å². The average Bonchev–Trinajstić information content (AvgIpc) is 3.19. The predicted molar refractivity (Wildman–Crippen MR) is 238 cm³/mol. The third-order valence-electron chi connectivity index (χ3n) is 9.77. The second-order valence-electron chi connectivity index (χ2n) is 15.3. The molecule has 56 heavy (non-hydrogen) atoms. The highest BCUT2D eigenvalue weighted by Crippen LogP contribution is 2.13. The Hall–Kier alpha value is -2.89. The fourth-order valence-electron chi connectivity index (χ4n) is 6.27. The lowest BCUT2D eigenvalue weighted by Gasteiger charge is -2.18. The molecule has 1 unspecified atom stereocenters. The Balaban J connectivity index is 4.46. The molecule has 0 aromatic carbocycles. The fourth-order valence-corrected chi connectivity index (χ4v) is 6.27. The molecule has 0 bridgehead atoms. The Morgan fingerprint density at radius 2 is 0.732 bits per heavy atom. The van der Waals surface area contributed by atoms with E-state index in [-0.39, 0.29) is 31.6 Å². The van der Waals surface area contributed by atoms with Crippen molar-refractivity contribution in [1.82, 2.24) is 0 Å². The number of rotatable bonds is 41. The van der Waals surface area contributed by atoms with Crippen molar-refractivity contribution in [1.29, 1.82) is 0 Å². The Morgan fingerprint density at radius 1 is 0.375 bits per heavy atom. The summed E-state index contributed by atoms with van der Waals surface area (Å²) in [4.78, 5) is 37.7. The van der Waals surface area contributed by atoms with Gasteiger partial charge < -0.3 is 14.2 Å². The summed E-state index contributed by atoms with van der Waals surface area (Å²) < 4.78 is 16.6. The molecule has 1 atom stereocenters. The number of ether oxygens (including phenoxy) is 3. The molecule has 6 nitrogen and oxygen atoms in total. The van der Waals surface area contributed by atoms with Crippen molar-refractivity contribution in [2.24, 2.45) is 0 Å². The second kappa shape index (κ2) is 44.8. The van der Waals surface area contributed by atoms with Crippen LogP contribution in [0.1, 0.15) is 220 Å². The molecule has 0 fully saturated rings. The van der Waals surface area contributed by atoms with Gasteiger partial charge in [-0.15, -0.1) is 0 Å². The van der Waals surface area contributed by atoms with Crippen LogP contribution in [-0.2, 0) is 28.6 Å². The van der Waals surface area contributed by atoms with Gasteiger partial charge in [0.2, 0.25) is 0 Å². The number of allylic oxidation sites excluding steroid dienone is 10. The lowest BCUT2D eigenvalue weighted by atomic mass is 10.1. The number of unbranched alkanes of at least 4 members (excludes halogenated alkanes) is 20. The molecular weight excluding hydrogens is 697 g/mol. The molecule has 6 heteroatoms. The van der Waals surface area contributed by atoms with E-state index in [0.29, 0.717) is 19.3 Å². The van der Waals surface area contributed by atoms with Gasteiger partial charge in [-0.3, -0.25) is 14.4 Å². The van der Waals surface area contributed by atoms with E-state index in [1.165, 1.54) is 103 Å². The van der Waals surface area contributed by atoms with Crippen LogP contribution < -0.4 is 0 Å². The first kappa shape index (κ1) is 53.1. The standard InChI is InChI=1S/C50H86O6/c1-4-7-10-13-16-19-22-24-25-27-28-31-34-37-40-43-49(52)55-46-47(45-54-48(51)42-39-36-33-30-21-18-15-12-9-6-3)56-50(53)44-41-38-35-32-29-26-23-20-17-14-11-8-5-2/h8,11,17,20,24-26,29,35,38,47H,4-7,9-10,12-16,18-19,21-23,27-28,30-34,36-37,39-46H2,1-3H3/b11-8-,20-17-,25-24-,29-26-,38-35-. The zero-order valence-electron chi connectivity index (χ0n) is 36.6. The number of hydrogen-bond acceptors (Lipinski definition) is 6. The minimum atomic E-state index is -0.811. The molecule has 0 heterocycles. The van der Waals surface area contributed by atoms with E-state index in [1.807, 2.05) is 12.2 Å². The van der Waals surface area contributed by atoms with Gasteiger partial charge in [-0.2, -0.15) is 0 Å². The van der Waals surface area contributed by atoms with Crippen LogP contribution in [0.5, 0.6) is 0 Å². The van der Waals surface area contributed by atoms with E-state index in [1.54, 1.807) is 0 Å². The van der Waals surface area contributed by atoms with Gasteiger partial charge in [0, 0.05) is 19.3 Å².